The fraction of sp³-hybridized carbons (Fsp3) is 0.286. The Hall–Kier alpha value is -1.25. The molecule has 0 unspecified atom stereocenters. The van der Waals surface area contributed by atoms with E-state index < -0.39 is 0 Å². The first-order valence-electron chi connectivity index (χ1n) is 3.15. The van der Waals surface area contributed by atoms with Crippen molar-refractivity contribution >= 4 is 5.82 Å². The number of anilines is 1. The van der Waals surface area contributed by atoms with Gasteiger partial charge in [-0.1, -0.05) is 6.07 Å². The third kappa shape index (κ3) is 1.18. The van der Waals surface area contributed by atoms with Crippen LogP contribution in [0.1, 0.15) is 0 Å². The second-order valence-electron chi connectivity index (χ2n) is 2.36. The fourth-order valence-electron chi connectivity index (χ4n) is 0.826. The number of hydrogen-bond acceptors (Lipinski definition) is 2. The highest BCUT2D eigenvalue weighted by Crippen LogP contribution is 1.98. The summed E-state index contributed by atoms with van der Waals surface area (Å²) >= 11 is 0. The third-order valence-electron chi connectivity index (χ3n) is 1.33. The molecule has 0 fully saturated rings. The Balaban J connectivity index is 3.03. The van der Waals surface area contributed by atoms with Crippen molar-refractivity contribution in [1.82, 2.24) is 0 Å². The molecule has 0 aromatic carbocycles. The molecule has 1 heterocycles. The molecule has 0 amide bonds. The van der Waals surface area contributed by atoms with Gasteiger partial charge in [0.15, 0.2) is 0 Å². The Bertz CT molecular complexity index is 220. The minimum atomic E-state index is 0.988. The smallest absolute Gasteiger partial charge is 0.269 e. The average Bonchev–Trinajstić information content (AvgIpc) is 1.88. The van der Waals surface area contributed by atoms with Crippen molar-refractivity contribution < 1.29 is 4.68 Å². The number of rotatable bonds is 1. The first-order chi connectivity index (χ1) is 4.72. The van der Waals surface area contributed by atoms with E-state index in [4.69, 9.17) is 5.84 Å². The Labute approximate surface area is 60.7 Å². The summed E-state index contributed by atoms with van der Waals surface area (Å²) in [5.41, 5.74) is 0. The number of nitrogens with zero attached hydrogens (tertiary/aromatic N) is 2. The first kappa shape index (κ1) is 6.86. The molecule has 0 spiro atoms. The number of hydrogen-bond donors (Lipinski definition) is 1. The van der Waals surface area contributed by atoms with E-state index in [-0.39, 0.29) is 0 Å². The normalized spacial score (nSPS) is 9.40. The molecule has 0 aliphatic carbocycles. The Morgan fingerprint density at radius 2 is 2.10 bits per heavy atom. The van der Waals surface area contributed by atoms with Crippen LogP contribution in [0.4, 0.5) is 5.82 Å². The van der Waals surface area contributed by atoms with Gasteiger partial charge in [-0.3, -0.25) is 10.7 Å². The highest BCUT2D eigenvalue weighted by Gasteiger charge is 2.05. The van der Waals surface area contributed by atoms with Gasteiger partial charge in [0.25, 0.3) is 5.82 Å². The van der Waals surface area contributed by atoms with Crippen molar-refractivity contribution in [2.75, 3.05) is 24.8 Å². The highest BCUT2D eigenvalue weighted by atomic mass is 15.3. The van der Waals surface area contributed by atoms with Gasteiger partial charge in [0.05, 0.1) is 14.1 Å². The van der Waals surface area contributed by atoms with Gasteiger partial charge >= 0.3 is 0 Å². The van der Waals surface area contributed by atoms with Crippen LogP contribution in [-0.4, -0.2) is 14.1 Å². The lowest BCUT2D eigenvalue weighted by atomic mass is 10.4. The molecule has 10 heavy (non-hydrogen) atoms. The van der Waals surface area contributed by atoms with Crippen LogP contribution in [0, 0.1) is 0 Å². The van der Waals surface area contributed by atoms with E-state index in [1.54, 1.807) is 4.68 Å². The van der Waals surface area contributed by atoms with E-state index in [9.17, 15) is 0 Å². The van der Waals surface area contributed by atoms with Gasteiger partial charge in [-0.05, 0) is 6.07 Å². The molecule has 0 bridgehead atoms. The number of nitrogens with two attached hydrogens (primary N) is 1. The van der Waals surface area contributed by atoms with Crippen LogP contribution in [-0.2, 0) is 0 Å². The van der Waals surface area contributed by atoms with Crippen molar-refractivity contribution in [2.45, 2.75) is 0 Å². The highest BCUT2D eigenvalue weighted by molar-refractivity contribution is 5.29. The largest absolute Gasteiger partial charge is 0.299 e. The van der Waals surface area contributed by atoms with Gasteiger partial charge in [0.2, 0.25) is 0 Å². The quantitative estimate of drug-likeness (QED) is 0.429. The minimum Gasteiger partial charge on any atom is -0.269 e. The first-order valence-corrected chi connectivity index (χ1v) is 3.15. The van der Waals surface area contributed by atoms with Crippen LogP contribution in [0.15, 0.2) is 24.4 Å². The summed E-state index contributed by atoms with van der Waals surface area (Å²) < 4.78 is 1.58. The van der Waals surface area contributed by atoms with Crippen LogP contribution in [0.3, 0.4) is 0 Å². The van der Waals surface area contributed by atoms with Crippen LogP contribution in [0.2, 0.25) is 0 Å². The maximum Gasteiger partial charge on any atom is 0.299 e. The molecule has 0 aliphatic heterocycles. The predicted molar refractivity (Wildman–Crippen MR) is 41.1 cm³/mol. The molecule has 0 radical (unpaired) electrons. The summed E-state index contributed by atoms with van der Waals surface area (Å²) in [5.74, 6) is 6.58. The Morgan fingerprint density at radius 3 is 2.50 bits per heavy atom. The molecule has 54 valence electrons. The van der Waals surface area contributed by atoms with Gasteiger partial charge in [-0.25, -0.2) is 0 Å². The summed E-state index contributed by atoms with van der Waals surface area (Å²) in [6.07, 6.45) is 1.81. The molecular formula is C7H12N3+. The molecule has 1 aromatic rings. The van der Waals surface area contributed by atoms with Crippen molar-refractivity contribution in [3.05, 3.63) is 24.4 Å². The maximum absolute atomic E-state index is 5.60. The Morgan fingerprint density at radius 1 is 1.40 bits per heavy atom. The minimum absolute atomic E-state index is 0.988. The van der Waals surface area contributed by atoms with E-state index in [0.29, 0.717) is 0 Å². The van der Waals surface area contributed by atoms with Crippen molar-refractivity contribution in [3.63, 3.8) is 0 Å². The van der Waals surface area contributed by atoms with E-state index in [1.165, 1.54) is 0 Å². The van der Waals surface area contributed by atoms with Gasteiger partial charge in [0, 0.05) is 6.07 Å². The van der Waals surface area contributed by atoms with Crippen molar-refractivity contribution in [2.24, 2.45) is 0 Å². The zero-order valence-electron chi connectivity index (χ0n) is 6.28. The number of aromatic nitrogens is 1. The predicted octanol–water partition coefficient (Wildman–Crippen LogP) is -0.246. The molecular weight excluding hydrogens is 126 g/mol. The molecule has 3 nitrogen and oxygen atoms in total. The molecule has 3 heteroatoms. The molecule has 0 aliphatic rings. The molecule has 0 atom stereocenters. The molecule has 1 rings (SSSR count). The summed E-state index contributed by atoms with van der Waals surface area (Å²) in [6, 6.07) is 5.81. The number of nitrogen functional groups attached to an aromatic ring is 1. The lowest BCUT2D eigenvalue weighted by molar-refractivity contribution is -0.625. The monoisotopic (exact) mass is 138 g/mol. The summed E-state index contributed by atoms with van der Waals surface area (Å²) in [7, 11) is 3.91. The zero-order chi connectivity index (χ0) is 7.56. The van der Waals surface area contributed by atoms with E-state index in [0.717, 1.165) is 5.82 Å². The standard InChI is InChI=1S/C7H12N3/c1-9(2)7-5-3-4-6-10(7)8/h3-6H,8H2,1-2H3/q+1. The average molecular weight is 138 g/mol. The second-order valence-corrected chi connectivity index (χ2v) is 2.36. The van der Waals surface area contributed by atoms with E-state index in [1.807, 2.05) is 43.4 Å². The molecule has 1 aromatic heterocycles. The van der Waals surface area contributed by atoms with Crippen LogP contribution in [0.25, 0.3) is 0 Å². The fourth-order valence-corrected chi connectivity index (χ4v) is 0.826. The van der Waals surface area contributed by atoms with E-state index >= 15 is 0 Å². The third-order valence-corrected chi connectivity index (χ3v) is 1.33. The maximum atomic E-state index is 5.60. The lowest BCUT2D eigenvalue weighted by Crippen LogP contribution is -2.48. The van der Waals surface area contributed by atoms with Crippen molar-refractivity contribution in [3.8, 4) is 0 Å². The van der Waals surface area contributed by atoms with Gasteiger partial charge in [0.1, 0.15) is 6.20 Å². The molecule has 2 N–H and O–H groups in total. The zero-order valence-corrected chi connectivity index (χ0v) is 6.28. The van der Waals surface area contributed by atoms with E-state index in [2.05, 4.69) is 0 Å². The number of pyridine rings is 1. The van der Waals surface area contributed by atoms with Crippen molar-refractivity contribution in [1.29, 1.82) is 0 Å². The van der Waals surface area contributed by atoms with Gasteiger partial charge < -0.3 is 0 Å². The SMILES string of the molecule is CN(C)c1cccc[n+]1N. The topological polar surface area (TPSA) is 33.1 Å². The summed E-state index contributed by atoms with van der Waals surface area (Å²) in [6.45, 7) is 0. The summed E-state index contributed by atoms with van der Waals surface area (Å²) in [5, 5.41) is 0. The second kappa shape index (κ2) is 2.56. The Kier molecular flexibility index (Phi) is 1.76. The van der Waals surface area contributed by atoms with Gasteiger partial charge in [-0.2, -0.15) is 0 Å². The summed E-state index contributed by atoms with van der Waals surface area (Å²) in [4.78, 5) is 1.96. The van der Waals surface area contributed by atoms with Crippen LogP contribution >= 0.6 is 0 Å². The van der Waals surface area contributed by atoms with Gasteiger partial charge in [-0.15, -0.1) is 4.68 Å². The van der Waals surface area contributed by atoms with Crippen LogP contribution in [0.5, 0.6) is 0 Å². The van der Waals surface area contributed by atoms with Crippen LogP contribution < -0.4 is 15.4 Å². The molecule has 0 saturated heterocycles. The lowest BCUT2D eigenvalue weighted by Gasteiger charge is -2.05. The molecule has 0 saturated carbocycles.